The Hall–Kier alpha value is -1.50. The number of hydrogen-bond donors (Lipinski definition) is 3. The van der Waals surface area contributed by atoms with Crippen LogP contribution < -0.4 is 16.8 Å². The van der Waals surface area contributed by atoms with Gasteiger partial charge in [-0.15, -0.1) is 0 Å². The molecule has 100 valence electrons. The molecule has 0 saturated heterocycles. The topological polar surface area (TPSA) is 107 Å². The molecule has 0 unspecified atom stereocenters. The van der Waals surface area contributed by atoms with E-state index in [1.165, 1.54) is 17.8 Å². The molecule has 0 fully saturated rings. The second kappa shape index (κ2) is 7.05. The zero-order chi connectivity index (χ0) is 13.5. The summed E-state index contributed by atoms with van der Waals surface area (Å²) in [7, 11) is 0. The molecule has 0 radical (unpaired) electrons. The molecule has 0 aliphatic rings. The lowest BCUT2D eigenvalue weighted by molar-refractivity contribution is -0.118. The first-order chi connectivity index (χ1) is 8.47. The fourth-order valence-electron chi connectivity index (χ4n) is 1.21. The van der Waals surface area contributed by atoms with Crippen molar-refractivity contribution in [3.8, 4) is 0 Å². The Morgan fingerprint density at radius 1 is 1.39 bits per heavy atom. The quantitative estimate of drug-likeness (QED) is 0.523. The highest BCUT2D eigenvalue weighted by Crippen LogP contribution is 2.15. The average Bonchev–Trinajstić information content (AvgIpc) is 2.24. The Labute approximate surface area is 111 Å². The van der Waals surface area contributed by atoms with Crippen molar-refractivity contribution < 1.29 is 4.79 Å². The van der Waals surface area contributed by atoms with Gasteiger partial charge < -0.3 is 16.8 Å². The lowest BCUT2D eigenvalue weighted by atomic mass is 10.1. The number of carbonyl (C=O) groups is 1. The summed E-state index contributed by atoms with van der Waals surface area (Å²) in [5.41, 5.74) is 11.1. The van der Waals surface area contributed by atoms with E-state index in [4.69, 9.17) is 11.5 Å². The van der Waals surface area contributed by atoms with Crippen LogP contribution in [0.5, 0.6) is 0 Å². The third-order valence-electron chi connectivity index (χ3n) is 2.12. The van der Waals surface area contributed by atoms with E-state index in [2.05, 4.69) is 29.1 Å². The van der Waals surface area contributed by atoms with Crippen molar-refractivity contribution in [2.24, 2.45) is 5.92 Å². The van der Waals surface area contributed by atoms with E-state index in [1.807, 2.05) is 0 Å². The van der Waals surface area contributed by atoms with Crippen LogP contribution in [0.2, 0.25) is 0 Å². The van der Waals surface area contributed by atoms with E-state index in [0.29, 0.717) is 29.3 Å². The predicted octanol–water partition coefficient (Wildman–Crippen LogP) is 0.895. The molecule has 18 heavy (non-hydrogen) atoms. The van der Waals surface area contributed by atoms with E-state index in [-0.39, 0.29) is 11.7 Å². The highest BCUT2D eigenvalue weighted by molar-refractivity contribution is 7.99. The molecule has 1 heterocycles. The van der Waals surface area contributed by atoms with E-state index in [0.717, 1.165) is 6.42 Å². The second-order valence-electron chi connectivity index (χ2n) is 4.32. The predicted molar refractivity (Wildman–Crippen MR) is 74.0 cm³/mol. The lowest BCUT2D eigenvalue weighted by Crippen LogP contribution is -2.27. The van der Waals surface area contributed by atoms with Gasteiger partial charge >= 0.3 is 0 Å². The zero-order valence-electron chi connectivity index (χ0n) is 10.6. The second-order valence-corrected chi connectivity index (χ2v) is 5.26. The van der Waals surface area contributed by atoms with Crippen LogP contribution in [-0.2, 0) is 4.79 Å². The maximum Gasteiger partial charge on any atom is 0.230 e. The van der Waals surface area contributed by atoms with E-state index in [1.54, 1.807) is 0 Å². The fraction of sp³-hybridized carbons (Fsp3) is 0.545. The molecule has 7 heteroatoms. The highest BCUT2D eigenvalue weighted by Gasteiger charge is 2.06. The largest absolute Gasteiger partial charge is 0.383 e. The molecule has 1 aromatic rings. The third kappa shape index (κ3) is 5.72. The number of thioether (sulfide) groups is 1. The third-order valence-corrected chi connectivity index (χ3v) is 2.97. The summed E-state index contributed by atoms with van der Waals surface area (Å²) >= 11 is 1.22. The van der Waals surface area contributed by atoms with Gasteiger partial charge in [-0.25, -0.2) is 9.97 Å². The summed E-state index contributed by atoms with van der Waals surface area (Å²) in [4.78, 5) is 19.5. The van der Waals surface area contributed by atoms with Gasteiger partial charge in [0.05, 0.1) is 5.75 Å². The summed E-state index contributed by atoms with van der Waals surface area (Å²) in [5.74, 6) is 1.43. The van der Waals surface area contributed by atoms with Crippen molar-refractivity contribution in [3.63, 3.8) is 0 Å². The molecule has 1 aromatic heterocycles. The molecule has 0 atom stereocenters. The zero-order valence-corrected chi connectivity index (χ0v) is 11.5. The number of nitrogens with two attached hydrogens (primary N) is 2. The van der Waals surface area contributed by atoms with Gasteiger partial charge in [0, 0.05) is 12.6 Å². The van der Waals surface area contributed by atoms with Crippen LogP contribution in [-0.4, -0.2) is 28.2 Å². The van der Waals surface area contributed by atoms with E-state index >= 15 is 0 Å². The van der Waals surface area contributed by atoms with Gasteiger partial charge in [0.2, 0.25) is 5.91 Å². The van der Waals surface area contributed by atoms with Gasteiger partial charge in [-0.3, -0.25) is 4.79 Å². The fourth-order valence-corrected chi connectivity index (χ4v) is 1.91. The molecule has 5 N–H and O–H groups in total. The van der Waals surface area contributed by atoms with Crippen molar-refractivity contribution in [1.29, 1.82) is 0 Å². The first kappa shape index (κ1) is 14.6. The number of hydrogen-bond acceptors (Lipinski definition) is 6. The highest BCUT2D eigenvalue weighted by atomic mass is 32.2. The molecule has 0 aliphatic carbocycles. The van der Waals surface area contributed by atoms with Crippen molar-refractivity contribution in [2.75, 3.05) is 23.8 Å². The van der Waals surface area contributed by atoms with Gasteiger partial charge in [0.1, 0.15) is 11.6 Å². The van der Waals surface area contributed by atoms with Crippen molar-refractivity contribution in [3.05, 3.63) is 6.07 Å². The van der Waals surface area contributed by atoms with Crippen LogP contribution in [0.1, 0.15) is 20.3 Å². The van der Waals surface area contributed by atoms with Gasteiger partial charge in [0.15, 0.2) is 5.16 Å². The van der Waals surface area contributed by atoms with Gasteiger partial charge in [-0.05, 0) is 12.3 Å². The Bertz CT molecular complexity index is 390. The molecular formula is C11H19N5OS. The average molecular weight is 269 g/mol. The summed E-state index contributed by atoms with van der Waals surface area (Å²) < 4.78 is 0. The normalized spacial score (nSPS) is 10.6. The van der Waals surface area contributed by atoms with Crippen LogP contribution in [0, 0.1) is 5.92 Å². The summed E-state index contributed by atoms with van der Waals surface area (Å²) in [6.07, 6.45) is 0.970. The summed E-state index contributed by atoms with van der Waals surface area (Å²) in [6, 6.07) is 1.48. The molecule has 0 aliphatic heterocycles. The van der Waals surface area contributed by atoms with Crippen molar-refractivity contribution >= 4 is 29.3 Å². The number of nitrogens with zero attached hydrogens (tertiary/aromatic N) is 2. The maximum atomic E-state index is 11.5. The minimum atomic E-state index is -0.0368. The monoisotopic (exact) mass is 269 g/mol. The minimum absolute atomic E-state index is 0.0368. The number of nitrogen functional groups attached to an aromatic ring is 2. The van der Waals surface area contributed by atoms with Crippen molar-refractivity contribution in [2.45, 2.75) is 25.4 Å². The molecular weight excluding hydrogens is 250 g/mol. The first-order valence-electron chi connectivity index (χ1n) is 5.77. The minimum Gasteiger partial charge on any atom is -0.383 e. The number of carbonyl (C=O) groups excluding carboxylic acids is 1. The molecule has 0 bridgehead atoms. The van der Waals surface area contributed by atoms with Gasteiger partial charge in [-0.1, -0.05) is 25.6 Å². The lowest BCUT2D eigenvalue weighted by Gasteiger charge is -2.06. The number of anilines is 2. The van der Waals surface area contributed by atoms with Gasteiger partial charge in [0.25, 0.3) is 0 Å². The Morgan fingerprint density at radius 3 is 2.56 bits per heavy atom. The number of rotatable bonds is 6. The van der Waals surface area contributed by atoms with Crippen LogP contribution in [0.25, 0.3) is 0 Å². The number of nitrogens with one attached hydrogen (secondary N) is 1. The molecule has 6 nitrogen and oxygen atoms in total. The Morgan fingerprint density at radius 2 is 2.00 bits per heavy atom. The molecule has 1 amide bonds. The molecule has 0 aromatic carbocycles. The Balaban J connectivity index is 2.33. The summed E-state index contributed by atoms with van der Waals surface area (Å²) in [5, 5.41) is 3.26. The van der Waals surface area contributed by atoms with Crippen molar-refractivity contribution in [1.82, 2.24) is 15.3 Å². The smallest absolute Gasteiger partial charge is 0.230 e. The van der Waals surface area contributed by atoms with E-state index in [9.17, 15) is 4.79 Å². The standard InChI is InChI=1S/C11H19N5OS/c1-7(2)3-4-14-10(17)6-18-11-15-8(12)5-9(13)16-11/h5,7H,3-4,6H2,1-2H3,(H,14,17)(H4,12,13,15,16). The molecule has 1 rings (SSSR count). The maximum absolute atomic E-state index is 11.5. The molecule has 0 spiro atoms. The molecule has 0 saturated carbocycles. The van der Waals surface area contributed by atoms with Crippen LogP contribution >= 0.6 is 11.8 Å². The Kier molecular flexibility index (Phi) is 5.70. The van der Waals surface area contributed by atoms with E-state index < -0.39 is 0 Å². The van der Waals surface area contributed by atoms with Crippen LogP contribution in [0.3, 0.4) is 0 Å². The summed E-state index contributed by atoms with van der Waals surface area (Å²) in [6.45, 7) is 4.92. The van der Waals surface area contributed by atoms with Gasteiger partial charge in [-0.2, -0.15) is 0 Å². The first-order valence-corrected chi connectivity index (χ1v) is 6.75. The number of aromatic nitrogens is 2. The van der Waals surface area contributed by atoms with Crippen LogP contribution in [0.4, 0.5) is 11.6 Å². The SMILES string of the molecule is CC(C)CCNC(=O)CSc1nc(N)cc(N)n1. The number of amides is 1. The van der Waals surface area contributed by atoms with Crippen LogP contribution in [0.15, 0.2) is 11.2 Å².